The maximum absolute atomic E-state index is 10.3. The van der Waals surface area contributed by atoms with Crippen LogP contribution >= 0.6 is 11.3 Å². The minimum absolute atomic E-state index is 0.728. The summed E-state index contributed by atoms with van der Waals surface area (Å²) in [5, 5.41) is 15.9. The third-order valence-electron chi connectivity index (χ3n) is 6.96. The highest BCUT2D eigenvalue weighted by Crippen LogP contribution is 2.37. The molecule has 1 radical (unpaired) electrons. The molecule has 6 rings (SSSR count). The van der Waals surface area contributed by atoms with Crippen molar-refractivity contribution in [2.75, 3.05) is 0 Å². The topological polar surface area (TPSA) is 55.5 Å². The summed E-state index contributed by atoms with van der Waals surface area (Å²) in [5.74, 6) is 0. The molecule has 2 heterocycles. The van der Waals surface area contributed by atoms with Gasteiger partial charge in [0.15, 0.2) is 0 Å². The van der Waals surface area contributed by atoms with Gasteiger partial charge in [-0.1, -0.05) is 48.5 Å². The Labute approximate surface area is 208 Å². The van der Waals surface area contributed by atoms with Gasteiger partial charge in [0.05, 0.1) is 21.4 Å². The van der Waals surface area contributed by atoms with Crippen molar-refractivity contribution in [1.29, 1.82) is 0 Å². The Hall–Kier alpha value is -3.19. The number of hydrogen-bond donors (Lipinski definition) is 1. The Morgan fingerprint density at radius 1 is 0.857 bits per heavy atom. The fourth-order valence-corrected chi connectivity index (χ4v) is 5.08. The molecular formula is C29H25BNO3S. The molecule has 0 unspecified atom stereocenters. The molecule has 0 saturated carbocycles. The van der Waals surface area contributed by atoms with E-state index in [1.165, 1.54) is 10.8 Å². The maximum atomic E-state index is 10.3. The number of furan rings is 1. The van der Waals surface area contributed by atoms with Crippen LogP contribution in [0.5, 0.6) is 0 Å². The second-order valence-electron chi connectivity index (χ2n) is 10.1. The summed E-state index contributed by atoms with van der Waals surface area (Å²) >= 11 is 1.70. The van der Waals surface area contributed by atoms with Crippen LogP contribution in [0.2, 0.25) is 0 Å². The van der Waals surface area contributed by atoms with Gasteiger partial charge in [0.25, 0.3) is 0 Å². The van der Waals surface area contributed by atoms with Crippen LogP contribution in [0.3, 0.4) is 0 Å². The quantitative estimate of drug-likeness (QED) is 0.276. The van der Waals surface area contributed by atoms with Crippen molar-refractivity contribution in [2.45, 2.75) is 38.9 Å². The molecule has 1 N–H and O–H groups in total. The first-order valence-electron chi connectivity index (χ1n) is 11.7. The molecule has 0 bridgehead atoms. The zero-order chi connectivity index (χ0) is 24.4. The van der Waals surface area contributed by atoms with Crippen LogP contribution in [0.25, 0.3) is 53.5 Å². The van der Waals surface area contributed by atoms with Crippen molar-refractivity contribution in [2.24, 2.45) is 0 Å². The summed E-state index contributed by atoms with van der Waals surface area (Å²) in [4.78, 5) is 4.92. The molecule has 0 saturated heterocycles. The second-order valence-corrected chi connectivity index (χ2v) is 11.1. The largest absolute Gasteiger partial charge is 0.456 e. The van der Waals surface area contributed by atoms with E-state index >= 15 is 0 Å². The molecule has 2 aromatic heterocycles. The van der Waals surface area contributed by atoms with E-state index in [0.29, 0.717) is 0 Å². The summed E-state index contributed by atoms with van der Waals surface area (Å²) in [6.07, 6.45) is 0. The van der Waals surface area contributed by atoms with Gasteiger partial charge in [0.1, 0.15) is 16.2 Å². The first-order chi connectivity index (χ1) is 16.7. The molecule has 0 amide bonds. The number of aromatic nitrogens is 1. The Balaban J connectivity index is 1.35. The van der Waals surface area contributed by atoms with E-state index in [-0.39, 0.29) is 0 Å². The number of nitrogens with zero attached hydrogens (tertiary/aromatic N) is 1. The lowest BCUT2D eigenvalue weighted by molar-refractivity contribution is -0.0893. The molecule has 6 aromatic rings. The smallest absolute Gasteiger partial charge is 0.331 e. The molecule has 173 valence electrons. The van der Waals surface area contributed by atoms with Gasteiger partial charge in [-0.05, 0) is 62.1 Å². The first kappa shape index (κ1) is 22.3. The van der Waals surface area contributed by atoms with Crippen LogP contribution in [-0.4, -0.2) is 28.8 Å². The molecule has 0 aliphatic carbocycles. The first-order valence-corrected chi connectivity index (χ1v) is 12.5. The predicted octanol–water partition coefficient (Wildman–Crippen LogP) is 6.83. The molecule has 35 heavy (non-hydrogen) atoms. The minimum Gasteiger partial charge on any atom is -0.456 e. The molecule has 0 aliphatic heterocycles. The van der Waals surface area contributed by atoms with Crippen LogP contribution in [-0.2, 0) is 4.65 Å². The van der Waals surface area contributed by atoms with Crippen molar-refractivity contribution in [3.05, 3.63) is 72.8 Å². The molecule has 6 heteroatoms. The van der Waals surface area contributed by atoms with Crippen LogP contribution in [0, 0.1) is 0 Å². The normalized spacial score (nSPS) is 12.8. The average molecular weight is 478 g/mol. The number of aliphatic hydroxyl groups is 1. The van der Waals surface area contributed by atoms with Crippen molar-refractivity contribution in [1.82, 2.24) is 4.98 Å². The molecule has 0 atom stereocenters. The second kappa shape index (κ2) is 7.92. The number of fused-ring (bicyclic) bond motifs is 5. The number of hydrogen-bond acceptors (Lipinski definition) is 5. The van der Waals surface area contributed by atoms with Crippen molar-refractivity contribution < 1.29 is 14.2 Å². The Morgan fingerprint density at radius 2 is 1.63 bits per heavy atom. The zero-order valence-corrected chi connectivity index (χ0v) is 20.9. The third kappa shape index (κ3) is 3.92. The Kier molecular flexibility index (Phi) is 5.04. The Bertz CT molecular complexity index is 1730. The van der Waals surface area contributed by atoms with Gasteiger partial charge in [-0.3, -0.25) is 0 Å². The fraction of sp³-hybridized carbons (Fsp3) is 0.207. The highest BCUT2D eigenvalue weighted by molar-refractivity contribution is 7.21. The summed E-state index contributed by atoms with van der Waals surface area (Å²) in [5.41, 5.74) is 2.86. The summed E-state index contributed by atoms with van der Waals surface area (Å²) in [6.45, 7) is 7.23. The molecule has 0 spiro atoms. The van der Waals surface area contributed by atoms with E-state index < -0.39 is 11.2 Å². The molecule has 4 nitrogen and oxygen atoms in total. The zero-order valence-electron chi connectivity index (χ0n) is 20.1. The predicted molar refractivity (Wildman–Crippen MR) is 147 cm³/mol. The molecular weight excluding hydrogens is 453 g/mol. The van der Waals surface area contributed by atoms with Crippen LogP contribution < -0.4 is 5.46 Å². The van der Waals surface area contributed by atoms with Gasteiger partial charge in [0.2, 0.25) is 0 Å². The van der Waals surface area contributed by atoms with Gasteiger partial charge in [-0.15, -0.1) is 11.3 Å². The van der Waals surface area contributed by atoms with E-state index in [0.717, 1.165) is 48.2 Å². The van der Waals surface area contributed by atoms with Crippen molar-refractivity contribution in [3.63, 3.8) is 0 Å². The van der Waals surface area contributed by atoms with E-state index in [2.05, 4.69) is 54.6 Å². The van der Waals surface area contributed by atoms with Gasteiger partial charge in [-0.2, -0.15) is 0 Å². The van der Waals surface area contributed by atoms with Crippen LogP contribution in [0.4, 0.5) is 0 Å². The third-order valence-corrected chi connectivity index (χ3v) is 8.03. The standard InChI is InChI=1S/C29H25BNO3S/c1-28(2,32)29(3,4)34-30-20-11-12-21-22-15-26-23(16-25(22)33-24(21)14-20)31-27(35-26)19-10-9-17-7-5-6-8-18(17)13-19/h5-16,32H,1-4H3. The highest BCUT2D eigenvalue weighted by Gasteiger charge is 2.35. The SMILES string of the molecule is CC(C)(O)C(C)(C)O[B]c1ccc2c(c1)oc1cc3nc(-c4ccc5ccccc5c4)sc3cc12. The van der Waals surface area contributed by atoms with Gasteiger partial charge >= 0.3 is 7.48 Å². The maximum Gasteiger partial charge on any atom is 0.331 e. The van der Waals surface area contributed by atoms with Crippen molar-refractivity contribution in [3.8, 4) is 10.6 Å². The Morgan fingerprint density at radius 3 is 2.43 bits per heavy atom. The molecule has 0 aliphatic rings. The summed E-state index contributed by atoms with van der Waals surface area (Å²) in [7, 11) is 1.68. The summed E-state index contributed by atoms with van der Waals surface area (Å²) in [6, 6.07) is 25.1. The molecule has 0 fully saturated rings. The lowest BCUT2D eigenvalue weighted by Crippen LogP contribution is -2.49. The van der Waals surface area contributed by atoms with Gasteiger partial charge in [-0.25, -0.2) is 4.98 Å². The van der Waals surface area contributed by atoms with Crippen LogP contribution in [0.1, 0.15) is 27.7 Å². The minimum atomic E-state index is -0.975. The number of rotatable bonds is 5. The number of thiazole rings is 1. The van der Waals surface area contributed by atoms with Gasteiger partial charge < -0.3 is 14.2 Å². The summed E-state index contributed by atoms with van der Waals surface area (Å²) < 4.78 is 13.3. The molecule has 4 aromatic carbocycles. The lowest BCUT2D eigenvalue weighted by atomic mass is 9.82. The van der Waals surface area contributed by atoms with Crippen LogP contribution in [0.15, 0.2) is 77.2 Å². The fourth-order valence-electron chi connectivity index (χ4n) is 4.09. The van der Waals surface area contributed by atoms with Crippen molar-refractivity contribution >= 4 is 67.2 Å². The van der Waals surface area contributed by atoms with Gasteiger partial charge in [0, 0.05) is 22.4 Å². The monoisotopic (exact) mass is 478 g/mol. The lowest BCUT2D eigenvalue weighted by Gasteiger charge is -2.37. The average Bonchev–Trinajstić information content (AvgIpc) is 3.40. The van der Waals surface area contributed by atoms with E-state index in [1.54, 1.807) is 32.7 Å². The van der Waals surface area contributed by atoms with E-state index in [4.69, 9.17) is 14.1 Å². The number of benzene rings is 4. The highest BCUT2D eigenvalue weighted by atomic mass is 32.1. The van der Waals surface area contributed by atoms with E-state index in [1.807, 2.05) is 32.0 Å². The van der Waals surface area contributed by atoms with E-state index in [9.17, 15) is 5.11 Å².